The van der Waals surface area contributed by atoms with Gasteiger partial charge in [0.2, 0.25) is 0 Å². The van der Waals surface area contributed by atoms with Crippen LogP contribution in [0.25, 0.3) is 0 Å². The maximum Gasteiger partial charge on any atom is 0.469 e. The summed E-state index contributed by atoms with van der Waals surface area (Å²) >= 11 is 0. The van der Waals surface area contributed by atoms with Crippen molar-refractivity contribution >= 4 is 7.82 Å². The maximum atomic E-state index is 10.4. The number of ether oxygens (including phenoxy) is 1. The van der Waals surface area contributed by atoms with Gasteiger partial charge in [-0.2, -0.15) is 0 Å². The van der Waals surface area contributed by atoms with E-state index in [4.69, 9.17) is 19.6 Å². The Kier molecular flexibility index (Phi) is 4.21. The molecule has 0 radical (unpaired) electrons. The second-order valence-electron chi connectivity index (χ2n) is 3.16. The van der Waals surface area contributed by atoms with Crippen molar-refractivity contribution in [2.45, 2.75) is 24.4 Å². The van der Waals surface area contributed by atoms with Gasteiger partial charge in [0.25, 0.3) is 0 Å². The van der Waals surface area contributed by atoms with Crippen LogP contribution in [-0.4, -0.2) is 62.7 Å². The van der Waals surface area contributed by atoms with E-state index in [0.29, 0.717) is 0 Å². The molecule has 1 aliphatic heterocycles. The standard InChI is InChI=1S/C6H13O8P/c7-1-3-5(8)6(9)4(14-3)2-13-15(10,11)12/h3-9H,1-2H2,(H2,10,11,12)/t3-,4-,5-,6-/m1/s1. The Morgan fingerprint density at radius 1 is 1.20 bits per heavy atom. The van der Waals surface area contributed by atoms with Crippen LogP contribution in [0.4, 0.5) is 0 Å². The summed E-state index contributed by atoms with van der Waals surface area (Å²) in [5.74, 6) is 0. The number of rotatable bonds is 4. The molecule has 90 valence electrons. The minimum atomic E-state index is -4.63. The molecular formula is C6H13O8P. The molecule has 1 saturated heterocycles. The summed E-state index contributed by atoms with van der Waals surface area (Å²) < 4.78 is 19.4. The van der Waals surface area contributed by atoms with Gasteiger partial charge >= 0.3 is 7.82 Å². The lowest BCUT2D eigenvalue weighted by Gasteiger charge is -2.14. The van der Waals surface area contributed by atoms with E-state index in [1.165, 1.54) is 0 Å². The predicted molar refractivity (Wildman–Crippen MR) is 45.8 cm³/mol. The molecule has 0 aromatic heterocycles. The van der Waals surface area contributed by atoms with E-state index >= 15 is 0 Å². The largest absolute Gasteiger partial charge is 0.469 e. The summed E-state index contributed by atoms with van der Waals surface area (Å²) in [6, 6.07) is 0. The molecule has 0 aliphatic carbocycles. The highest BCUT2D eigenvalue weighted by atomic mass is 31.2. The third-order valence-corrected chi connectivity index (χ3v) is 2.53. The molecule has 0 bridgehead atoms. The SMILES string of the molecule is O=P(O)(O)OC[C@H]1O[C@H](CO)[C@@H](O)[C@@H]1O. The zero-order chi connectivity index (χ0) is 11.6. The number of hydrogen-bond acceptors (Lipinski definition) is 6. The third kappa shape index (κ3) is 3.47. The molecule has 0 saturated carbocycles. The Morgan fingerprint density at radius 3 is 2.13 bits per heavy atom. The summed E-state index contributed by atoms with van der Waals surface area (Å²) in [6.07, 6.45) is -4.66. The Morgan fingerprint density at radius 2 is 1.73 bits per heavy atom. The van der Waals surface area contributed by atoms with Crippen LogP contribution in [0.1, 0.15) is 0 Å². The Bertz CT molecular complexity index is 252. The molecule has 8 nitrogen and oxygen atoms in total. The molecule has 1 rings (SSSR count). The van der Waals surface area contributed by atoms with Gasteiger partial charge in [-0.3, -0.25) is 4.52 Å². The first-order valence-corrected chi connectivity index (χ1v) is 5.70. The third-order valence-electron chi connectivity index (χ3n) is 2.05. The smallest absolute Gasteiger partial charge is 0.394 e. The normalized spacial score (nSPS) is 37.1. The molecule has 5 N–H and O–H groups in total. The van der Waals surface area contributed by atoms with Gasteiger partial charge in [-0.1, -0.05) is 0 Å². The van der Waals surface area contributed by atoms with Crippen molar-refractivity contribution in [1.82, 2.24) is 0 Å². The molecule has 15 heavy (non-hydrogen) atoms. The number of aliphatic hydroxyl groups is 3. The molecule has 1 heterocycles. The van der Waals surface area contributed by atoms with E-state index in [1.807, 2.05) is 0 Å². The van der Waals surface area contributed by atoms with Crippen molar-refractivity contribution < 1.29 is 38.9 Å². The maximum absolute atomic E-state index is 10.4. The van der Waals surface area contributed by atoms with Gasteiger partial charge in [-0.15, -0.1) is 0 Å². The second-order valence-corrected chi connectivity index (χ2v) is 4.40. The van der Waals surface area contributed by atoms with Crippen LogP contribution in [-0.2, 0) is 13.8 Å². The van der Waals surface area contributed by atoms with E-state index in [0.717, 1.165) is 0 Å². The van der Waals surface area contributed by atoms with Crippen molar-refractivity contribution in [2.24, 2.45) is 0 Å². The molecule has 4 atom stereocenters. The highest BCUT2D eigenvalue weighted by Gasteiger charge is 2.43. The first-order chi connectivity index (χ1) is 6.85. The van der Waals surface area contributed by atoms with Crippen LogP contribution in [0.5, 0.6) is 0 Å². The lowest BCUT2D eigenvalue weighted by molar-refractivity contribution is -0.0388. The minimum Gasteiger partial charge on any atom is -0.394 e. The summed E-state index contributed by atoms with van der Waals surface area (Å²) in [6.45, 7) is -1.05. The van der Waals surface area contributed by atoms with Crippen molar-refractivity contribution in [3.8, 4) is 0 Å². The molecule has 0 spiro atoms. The fraction of sp³-hybridized carbons (Fsp3) is 1.00. The first kappa shape index (κ1) is 13.0. The topological polar surface area (TPSA) is 137 Å². The quantitative estimate of drug-likeness (QED) is 0.344. The first-order valence-electron chi connectivity index (χ1n) is 4.17. The summed E-state index contributed by atoms with van der Waals surface area (Å²) in [7, 11) is -4.63. The number of hydrogen-bond donors (Lipinski definition) is 5. The van der Waals surface area contributed by atoms with Crippen LogP contribution in [0, 0.1) is 0 Å². The number of phosphoric acid groups is 1. The van der Waals surface area contributed by atoms with Crippen molar-refractivity contribution in [2.75, 3.05) is 13.2 Å². The summed E-state index contributed by atoms with van der Waals surface area (Å²) in [5.41, 5.74) is 0. The lowest BCUT2D eigenvalue weighted by atomic mass is 10.1. The van der Waals surface area contributed by atoms with E-state index < -0.39 is 45.5 Å². The monoisotopic (exact) mass is 244 g/mol. The van der Waals surface area contributed by atoms with E-state index in [2.05, 4.69) is 4.52 Å². The van der Waals surface area contributed by atoms with Crippen molar-refractivity contribution in [3.05, 3.63) is 0 Å². The van der Waals surface area contributed by atoms with Gasteiger partial charge in [0.1, 0.15) is 24.4 Å². The fourth-order valence-electron chi connectivity index (χ4n) is 1.28. The Hall–Kier alpha value is -0.0500. The molecule has 0 unspecified atom stereocenters. The molecule has 0 amide bonds. The van der Waals surface area contributed by atoms with Crippen molar-refractivity contribution in [1.29, 1.82) is 0 Å². The van der Waals surface area contributed by atoms with Crippen molar-refractivity contribution in [3.63, 3.8) is 0 Å². The van der Waals surface area contributed by atoms with E-state index in [1.54, 1.807) is 0 Å². The zero-order valence-corrected chi connectivity index (χ0v) is 8.53. The average molecular weight is 244 g/mol. The Labute approximate surface area is 85.3 Å². The average Bonchev–Trinajstić information content (AvgIpc) is 2.40. The molecular weight excluding hydrogens is 231 g/mol. The molecule has 0 aromatic carbocycles. The van der Waals surface area contributed by atoms with Gasteiger partial charge in [-0.25, -0.2) is 4.57 Å². The fourth-order valence-corrected chi connectivity index (χ4v) is 1.63. The van der Waals surface area contributed by atoms with Gasteiger partial charge < -0.3 is 29.8 Å². The van der Waals surface area contributed by atoms with Gasteiger partial charge in [-0.05, 0) is 0 Å². The highest BCUT2D eigenvalue weighted by Crippen LogP contribution is 2.37. The molecule has 9 heteroatoms. The Balaban J connectivity index is 2.47. The van der Waals surface area contributed by atoms with Gasteiger partial charge in [0, 0.05) is 0 Å². The predicted octanol–water partition coefficient (Wildman–Crippen LogP) is -2.42. The minimum absolute atomic E-state index is 0.495. The number of phosphoric ester groups is 1. The summed E-state index contributed by atoms with van der Waals surface area (Å²) in [5, 5.41) is 27.3. The lowest BCUT2D eigenvalue weighted by Crippen LogP contribution is -2.35. The highest BCUT2D eigenvalue weighted by molar-refractivity contribution is 7.46. The number of aliphatic hydroxyl groups excluding tert-OH is 3. The zero-order valence-electron chi connectivity index (χ0n) is 7.63. The van der Waals surface area contributed by atoms with Crippen LogP contribution < -0.4 is 0 Å². The van der Waals surface area contributed by atoms with E-state index in [9.17, 15) is 14.8 Å². The summed E-state index contributed by atoms with van der Waals surface area (Å²) in [4.78, 5) is 16.8. The van der Waals surface area contributed by atoms with Gasteiger partial charge in [0.15, 0.2) is 0 Å². The van der Waals surface area contributed by atoms with Gasteiger partial charge in [0.05, 0.1) is 13.2 Å². The van der Waals surface area contributed by atoms with Crippen LogP contribution >= 0.6 is 7.82 Å². The van der Waals surface area contributed by atoms with Crippen LogP contribution in [0.2, 0.25) is 0 Å². The molecule has 1 fully saturated rings. The molecule has 1 aliphatic rings. The molecule has 0 aromatic rings. The second kappa shape index (κ2) is 4.86. The van der Waals surface area contributed by atoms with Crippen LogP contribution in [0.15, 0.2) is 0 Å². The van der Waals surface area contributed by atoms with E-state index in [-0.39, 0.29) is 0 Å². The van der Waals surface area contributed by atoms with Crippen LogP contribution in [0.3, 0.4) is 0 Å².